The van der Waals surface area contributed by atoms with Gasteiger partial charge >= 0.3 is 0 Å². The minimum atomic E-state index is -0.177. The zero-order valence-electron chi connectivity index (χ0n) is 15.5. The molecule has 1 aliphatic carbocycles. The first-order valence-electron chi connectivity index (χ1n) is 9.02. The number of aryl methyl sites for hydroxylation is 1. The van der Waals surface area contributed by atoms with Gasteiger partial charge in [0.2, 0.25) is 0 Å². The van der Waals surface area contributed by atoms with Crippen molar-refractivity contribution in [2.75, 3.05) is 19.6 Å². The molecule has 1 fully saturated rings. The second-order valence-electron chi connectivity index (χ2n) is 6.60. The van der Waals surface area contributed by atoms with Gasteiger partial charge in [0.25, 0.3) is 0 Å². The number of ether oxygens (including phenoxy) is 1. The van der Waals surface area contributed by atoms with Crippen molar-refractivity contribution >= 4 is 29.9 Å². The predicted molar refractivity (Wildman–Crippen MR) is 114 cm³/mol. The molecule has 1 aromatic rings. The number of benzene rings is 1. The van der Waals surface area contributed by atoms with Crippen LogP contribution in [0.2, 0.25) is 0 Å². The van der Waals surface area contributed by atoms with E-state index in [1.807, 2.05) is 32.0 Å². The van der Waals surface area contributed by atoms with Gasteiger partial charge in [-0.1, -0.05) is 18.6 Å². The average Bonchev–Trinajstić information content (AvgIpc) is 2.95. The maximum atomic E-state index is 9.92. The molecule has 0 heterocycles. The van der Waals surface area contributed by atoms with E-state index in [4.69, 9.17) is 4.74 Å². The molecule has 1 aromatic carbocycles. The van der Waals surface area contributed by atoms with Gasteiger partial charge < -0.3 is 20.5 Å². The fourth-order valence-electron chi connectivity index (χ4n) is 3.00. The predicted octanol–water partition coefficient (Wildman–Crippen LogP) is 3.10. The average molecular weight is 461 g/mol. The molecule has 0 amide bonds. The Balaban J connectivity index is 0.00000312. The van der Waals surface area contributed by atoms with Crippen molar-refractivity contribution in [3.8, 4) is 5.75 Å². The Morgan fingerprint density at radius 1 is 1.36 bits per heavy atom. The van der Waals surface area contributed by atoms with E-state index in [0.29, 0.717) is 12.5 Å². The van der Waals surface area contributed by atoms with Gasteiger partial charge in [0.05, 0.1) is 12.6 Å². The normalized spacial score (nSPS) is 21.4. The van der Waals surface area contributed by atoms with Crippen molar-refractivity contribution in [3.05, 3.63) is 29.8 Å². The number of nitrogens with one attached hydrogen (secondary N) is 2. The molecule has 6 heteroatoms. The molecule has 5 nitrogen and oxygen atoms in total. The summed E-state index contributed by atoms with van der Waals surface area (Å²) in [5, 5.41) is 16.5. The summed E-state index contributed by atoms with van der Waals surface area (Å²) in [7, 11) is 0. The van der Waals surface area contributed by atoms with Crippen LogP contribution < -0.4 is 15.4 Å². The topological polar surface area (TPSA) is 65.9 Å². The van der Waals surface area contributed by atoms with Crippen LogP contribution in [-0.4, -0.2) is 42.9 Å². The first-order valence-corrected chi connectivity index (χ1v) is 9.02. The zero-order valence-corrected chi connectivity index (χ0v) is 17.8. The summed E-state index contributed by atoms with van der Waals surface area (Å²) in [6.07, 6.45) is 2.94. The lowest BCUT2D eigenvalue weighted by Crippen LogP contribution is -2.41. The highest BCUT2D eigenvalue weighted by Crippen LogP contribution is 2.24. The highest BCUT2D eigenvalue weighted by atomic mass is 127. The molecule has 3 N–H and O–H groups in total. The van der Waals surface area contributed by atoms with Crippen LogP contribution in [0.3, 0.4) is 0 Å². The lowest BCUT2D eigenvalue weighted by atomic mass is 10.1. The molecular weight excluding hydrogens is 429 g/mol. The van der Waals surface area contributed by atoms with Crippen LogP contribution >= 0.6 is 24.0 Å². The lowest BCUT2D eigenvalue weighted by molar-refractivity contribution is 0.134. The van der Waals surface area contributed by atoms with Crippen molar-refractivity contribution < 1.29 is 9.84 Å². The molecule has 2 rings (SSSR count). The Morgan fingerprint density at radius 2 is 2.16 bits per heavy atom. The molecule has 1 saturated carbocycles. The van der Waals surface area contributed by atoms with Crippen LogP contribution in [0.5, 0.6) is 5.75 Å². The molecule has 3 unspecified atom stereocenters. The van der Waals surface area contributed by atoms with E-state index >= 15 is 0 Å². The first-order chi connectivity index (χ1) is 11.6. The van der Waals surface area contributed by atoms with E-state index in [0.717, 1.165) is 44.1 Å². The monoisotopic (exact) mass is 461 g/mol. The van der Waals surface area contributed by atoms with Crippen LogP contribution in [0.25, 0.3) is 0 Å². The third-order valence-electron chi connectivity index (χ3n) is 4.33. The van der Waals surface area contributed by atoms with E-state index in [9.17, 15) is 5.11 Å². The molecule has 0 spiro atoms. The SMILES string of the molecule is CCNC(=NCC(C)Oc1cccc(C)c1)NCC1CCCC1O.I. The Morgan fingerprint density at radius 3 is 2.80 bits per heavy atom. The third-order valence-corrected chi connectivity index (χ3v) is 4.33. The molecule has 0 aromatic heterocycles. The summed E-state index contributed by atoms with van der Waals surface area (Å²) in [6.45, 7) is 8.29. The number of aliphatic hydroxyl groups excluding tert-OH is 1. The molecular formula is C19H32IN3O2. The minimum absolute atomic E-state index is 0. The highest BCUT2D eigenvalue weighted by molar-refractivity contribution is 14.0. The Labute approximate surface area is 168 Å². The second-order valence-corrected chi connectivity index (χ2v) is 6.60. The molecule has 0 aliphatic heterocycles. The summed E-state index contributed by atoms with van der Waals surface area (Å²) in [5.41, 5.74) is 1.19. The van der Waals surface area contributed by atoms with Crippen LogP contribution in [0.1, 0.15) is 38.7 Å². The molecule has 0 radical (unpaired) electrons. The summed E-state index contributed by atoms with van der Waals surface area (Å²) in [4.78, 5) is 4.61. The Kier molecular flexibility index (Phi) is 10.2. The fraction of sp³-hybridized carbons (Fsp3) is 0.632. The maximum absolute atomic E-state index is 9.92. The molecule has 1 aliphatic rings. The van der Waals surface area contributed by atoms with Crippen molar-refractivity contribution in [1.82, 2.24) is 10.6 Å². The van der Waals surface area contributed by atoms with Crippen molar-refractivity contribution in [1.29, 1.82) is 0 Å². The fourth-order valence-corrected chi connectivity index (χ4v) is 3.00. The molecule has 0 saturated heterocycles. The largest absolute Gasteiger partial charge is 0.489 e. The number of guanidine groups is 1. The first kappa shape index (κ1) is 22.0. The Hall–Kier alpha value is -1.02. The van der Waals surface area contributed by atoms with E-state index in [1.54, 1.807) is 0 Å². The van der Waals surface area contributed by atoms with Crippen molar-refractivity contribution in [2.24, 2.45) is 10.9 Å². The maximum Gasteiger partial charge on any atom is 0.191 e. The quantitative estimate of drug-likeness (QED) is 0.332. The number of aliphatic hydroxyl groups is 1. The molecule has 25 heavy (non-hydrogen) atoms. The van der Waals surface area contributed by atoms with Gasteiger partial charge in [-0.05, 0) is 51.3 Å². The molecule has 142 valence electrons. The summed E-state index contributed by atoms with van der Waals surface area (Å²) in [6, 6.07) is 8.06. The van der Waals surface area contributed by atoms with Crippen molar-refractivity contribution in [3.63, 3.8) is 0 Å². The second kappa shape index (κ2) is 11.6. The van der Waals surface area contributed by atoms with Gasteiger partial charge in [0, 0.05) is 19.0 Å². The molecule has 0 bridgehead atoms. The Bertz CT molecular complexity index is 539. The van der Waals surface area contributed by atoms with Crippen LogP contribution in [0, 0.1) is 12.8 Å². The smallest absolute Gasteiger partial charge is 0.191 e. The molecule has 3 atom stereocenters. The van der Waals surface area contributed by atoms with Gasteiger partial charge in [0.1, 0.15) is 11.9 Å². The number of hydrogen-bond acceptors (Lipinski definition) is 3. The number of halogens is 1. The van der Waals surface area contributed by atoms with Crippen LogP contribution in [0.15, 0.2) is 29.3 Å². The van der Waals surface area contributed by atoms with Crippen LogP contribution in [0.4, 0.5) is 0 Å². The van der Waals surface area contributed by atoms with Gasteiger partial charge in [-0.15, -0.1) is 24.0 Å². The number of nitrogens with zero attached hydrogens (tertiary/aromatic N) is 1. The van der Waals surface area contributed by atoms with Crippen molar-refractivity contribution in [2.45, 2.75) is 52.2 Å². The minimum Gasteiger partial charge on any atom is -0.489 e. The zero-order chi connectivity index (χ0) is 17.4. The summed E-state index contributed by atoms with van der Waals surface area (Å²) in [5.74, 6) is 2.00. The van der Waals surface area contributed by atoms with Gasteiger partial charge in [-0.2, -0.15) is 0 Å². The number of hydrogen-bond donors (Lipinski definition) is 3. The van der Waals surface area contributed by atoms with E-state index in [2.05, 4.69) is 28.6 Å². The van der Waals surface area contributed by atoms with Crippen LogP contribution in [-0.2, 0) is 0 Å². The summed E-state index contributed by atoms with van der Waals surface area (Å²) < 4.78 is 5.92. The van der Waals surface area contributed by atoms with E-state index in [-0.39, 0.29) is 36.2 Å². The van der Waals surface area contributed by atoms with Gasteiger partial charge in [-0.3, -0.25) is 0 Å². The van der Waals surface area contributed by atoms with E-state index < -0.39 is 0 Å². The summed E-state index contributed by atoms with van der Waals surface area (Å²) >= 11 is 0. The number of rotatable bonds is 7. The van der Waals surface area contributed by atoms with Gasteiger partial charge in [0.15, 0.2) is 5.96 Å². The number of aliphatic imine (C=N–C) groups is 1. The third kappa shape index (κ3) is 7.81. The standard InChI is InChI=1S/C19H31N3O2.HI/c1-4-20-19(22-13-16-8-6-10-18(16)23)21-12-15(3)24-17-9-5-7-14(2)11-17;/h5,7,9,11,15-16,18,23H,4,6,8,10,12-13H2,1-3H3,(H2,20,21,22);1H. The lowest BCUT2D eigenvalue weighted by Gasteiger charge is -2.18. The highest BCUT2D eigenvalue weighted by Gasteiger charge is 2.24. The van der Waals surface area contributed by atoms with Gasteiger partial charge in [-0.25, -0.2) is 4.99 Å². The van der Waals surface area contributed by atoms with E-state index in [1.165, 1.54) is 5.56 Å².